The van der Waals surface area contributed by atoms with Gasteiger partial charge in [-0.2, -0.15) is 0 Å². The minimum absolute atomic E-state index is 0.294. The lowest BCUT2D eigenvalue weighted by Crippen LogP contribution is -2.21. The van der Waals surface area contributed by atoms with Crippen molar-refractivity contribution in [2.24, 2.45) is 5.73 Å². The maximum atomic E-state index is 9.33. The fraction of sp³-hybridized carbons (Fsp3) is 0.667. The van der Waals surface area contributed by atoms with Crippen LogP contribution in [-0.4, -0.2) is 41.7 Å². The summed E-state index contributed by atoms with van der Waals surface area (Å²) in [6.07, 6.45) is 1.96. The molecule has 0 radical (unpaired) electrons. The van der Waals surface area contributed by atoms with Gasteiger partial charge in [0, 0.05) is 30.6 Å². The Balaban J connectivity index is 2.50. The summed E-state index contributed by atoms with van der Waals surface area (Å²) in [5, 5.41) is 10.3. The normalized spacial score (nSPS) is 13.5. The van der Waals surface area contributed by atoms with Crippen molar-refractivity contribution in [2.75, 3.05) is 20.6 Å². The number of nitrogens with zero attached hydrogens (tertiary/aromatic N) is 2. The Hall–Kier alpha value is -0.490. The third kappa shape index (κ3) is 3.71. The fourth-order valence-electron chi connectivity index (χ4n) is 1.11. The topological polar surface area (TPSA) is 62.4 Å². The van der Waals surface area contributed by atoms with E-state index in [0.29, 0.717) is 13.0 Å². The van der Waals surface area contributed by atoms with E-state index < -0.39 is 6.10 Å². The third-order valence-corrected chi connectivity index (χ3v) is 2.76. The van der Waals surface area contributed by atoms with Crippen molar-refractivity contribution < 1.29 is 5.11 Å². The van der Waals surface area contributed by atoms with Gasteiger partial charge in [0.15, 0.2) is 0 Å². The summed E-state index contributed by atoms with van der Waals surface area (Å²) in [6, 6.07) is 0. The standard InChI is InChI=1S/C9H17N3OS/c1-12(2)6-8-5-11-9(14-8)3-7(13)4-10/h5,7,13H,3-4,6,10H2,1-2H3. The van der Waals surface area contributed by atoms with E-state index >= 15 is 0 Å². The maximum Gasteiger partial charge on any atom is 0.0954 e. The highest BCUT2D eigenvalue weighted by Gasteiger charge is 2.07. The van der Waals surface area contributed by atoms with E-state index in [-0.39, 0.29) is 0 Å². The summed E-state index contributed by atoms with van der Waals surface area (Å²) < 4.78 is 0. The highest BCUT2D eigenvalue weighted by atomic mass is 32.1. The molecule has 1 aromatic heterocycles. The number of aliphatic hydroxyl groups is 1. The molecule has 1 aromatic rings. The highest BCUT2D eigenvalue weighted by molar-refractivity contribution is 7.11. The molecule has 0 spiro atoms. The number of thiazole rings is 1. The first-order chi connectivity index (χ1) is 6.61. The van der Waals surface area contributed by atoms with Gasteiger partial charge in [-0.3, -0.25) is 0 Å². The zero-order valence-corrected chi connectivity index (χ0v) is 9.42. The van der Waals surface area contributed by atoms with Gasteiger partial charge in [-0.25, -0.2) is 4.98 Å². The Bertz CT molecular complexity index is 275. The van der Waals surface area contributed by atoms with Gasteiger partial charge >= 0.3 is 0 Å². The van der Waals surface area contributed by atoms with Crippen LogP contribution in [0.25, 0.3) is 0 Å². The van der Waals surface area contributed by atoms with Crippen LogP contribution in [0.5, 0.6) is 0 Å². The van der Waals surface area contributed by atoms with Gasteiger partial charge < -0.3 is 15.7 Å². The van der Waals surface area contributed by atoms with Gasteiger partial charge in [0.05, 0.1) is 11.1 Å². The molecular weight excluding hydrogens is 198 g/mol. The Morgan fingerprint density at radius 2 is 2.36 bits per heavy atom. The molecular formula is C9H17N3OS. The summed E-state index contributed by atoms with van der Waals surface area (Å²) >= 11 is 1.64. The molecule has 0 aromatic carbocycles. The highest BCUT2D eigenvalue weighted by Crippen LogP contribution is 2.15. The maximum absolute atomic E-state index is 9.33. The van der Waals surface area contributed by atoms with Gasteiger partial charge in [0.25, 0.3) is 0 Å². The second kappa shape index (κ2) is 5.41. The number of rotatable bonds is 5. The van der Waals surface area contributed by atoms with Gasteiger partial charge in [0.2, 0.25) is 0 Å². The molecule has 1 rings (SSSR count). The molecule has 0 aliphatic rings. The molecule has 0 fully saturated rings. The average molecular weight is 215 g/mol. The number of hydrogen-bond acceptors (Lipinski definition) is 5. The first-order valence-electron chi connectivity index (χ1n) is 4.58. The van der Waals surface area contributed by atoms with Gasteiger partial charge in [-0.05, 0) is 14.1 Å². The quantitative estimate of drug-likeness (QED) is 0.729. The second-order valence-corrected chi connectivity index (χ2v) is 4.75. The minimum atomic E-state index is -0.464. The van der Waals surface area contributed by atoms with Crippen molar-refractivity contribution in [3.05, 3.63) is 16.1 Å². The molecule has 0 aliphatic carbocycles. The summed E-state index contributed by atoms with van der Waals surface area (Å²) in [7, 11) is 4.04. The van der Waals surface area contributed by atoms with Gasteiger partial charge in [0.1, 0.15) is 0 Å². The lowest BCUT2D eigenvalue weighted by molar-refractivity contribution is 0.183. The first-order valence-corrected chi connectivity index (χ1v) is 5.40. The van der Waals surface area contributed by atoms with Crippen molar-refractivity contribution in [1.82, 2.24) is 9.88 Å². The Kier molecular flexibility index (Phi) is 4.47. The molecule has 14 heavy (non-hydrogen) atoms. The molecule has 4 nitrogen and oxygen atoms in total. The minimum Gasteiger partial charge on any atom is -0.391 e. The molecule has 0 saturated heterocycles. The zero-order valence-electron chi connectivity index (χ0n) is 8.60. The van der Waals surface area contributed by atoms with Crippen LogP contribution in [0, 0.1) is 0 Å². The smallest absolute Gasteiger partial charge is 0.0954 e. The molecule has 1 unspecified atom stereocenters. The number of hydrogen-bond donors (Lipinski definition) is 2. The van der Waals surface area contributed by atoms with E-state index in [2.05, 4.69) is 9.88 Å². The molecule has 0 amide bonds. The predicted octanol–water partition coefficient (Wildman–Crippen LogP) is 0.0668. The van der Waals surface area contributed by atoms with E-state index in [9.17, 15) is 5.11 Å². The Labute approximate surface area is 88.4 Å². The van der Waals surface area contributed by atoms with Crippen LogP contribution < -0.4 is 5.73 Å². The van der Waals surface area contributed by atoms with Crippen molar-refractivity contribution in [3.8, 4) is 0 Å². The van der Waals surface area contributed by atoms with Crippen LogP contribution in [0.4, 0.5) is 0 Å². The van der Waals surface area contributed by atoms with Crippen LogP contribution in [0.15, 0.2) is 6.20 Å². The zero-order chi connectivity index (χ0) is 10.6. The van der Waals surface area contributed by atoms with Crippen LogP contribution >= 0.6 is 11.3 Å². The largest absolute Gasteiger partial charge is 0.391 e. The molecule has 0 aliphatic heterocycles. The van der Waals surface area contributed by atoms with Crippen LogP contribution in [-0.2, 0) is 13.0 Å². The lowest BCUT2D eigenvalue weighted by atomic mass is 10.3. The summed E-state index contributed by atoms with van der Waals surface area (Å²) in [5.41, 5.74) is 5.33. The first kappa shape index (κ1) is 11.6. The Morgan fingerprint density at radius 1 is 1.64 bits per heavy atom. The molecule has 0 bridgehead atoms. The van der Waals surface area contributed by atoms with Gasteiger partial charge in [-0.15, -0.1) is 11.3 Å². The SMILES string of the molecule is CN(C)Cc1cnc(CC(O)CN)s1. The number of nitrogens with two attached hydrogens (primary N) is 1. The van der Waals surface area contributed by atoms with E-state index in [1.54, 1.807) is 11.3 Å². The number of aliphatic hydroxyl groups excluding tert-OH is 1. The van der Waals surface area contributed by atoms with E-state index in [0.717, 1.165) is 11.6 Å². The monoisotopic (exact) mass is 215 g/mol. The van der Waals surface area contributed by atoms with Crippen molar-refractivity contribution in [2.45, 2.75) is 19.1 Å². The van der Waals surface area contributed by atoms with Crippen molar-refractivity contribution >= 4 is 11.3 Å². The van der Waals surface area contributed by atoms with Crippen molar-refractivity contribution in [1.29, 1.82) is 0 Å². The average Bonchev–Trinajstić information content (AvgIpc) is 2.51. The van der Waals surface area contributed by atoms with Crippen LogP contribution in [0.3, 0.4) is 0 Å². The number of aromatic nitrogens is 1. The van der Waals surface area contributed by atoms with Gasteiger partial charge in [-0.1, -0.05) is 0 Å². The molecule has 1 heterocycles. The molecule has 80 valence electrons. The summed E-state index contributed by atoms with van der Waals surface area (Å²) in [6.45, 7) is 1.19. The third-order valence-electron chi connectivity index (χ3n) is 1.76. The van der Waals surface area contributed by atoms with Crippen LogP contribution in [0.2, 0.25) is 0 Å². The summed E-state index contributed by atoms with van der Waals surface area (Å²) in [4.78, 5) is 7.54. The van der Waals surface area contributed by atoms with Crippen LogP contribution in [0.1, 0.15) is 9.88 Å². The second-order valence-electron chi connectivity index (χ2n) is 3.55. The Morgan fingerprint density at radius 3 is 2.93 bits per heavy atom. The van der Waals surface area contributed by atoms with Crippen molar-refractivity contribution in [3.63, 3.8) is 0 Å². The van der Waals surface area contributed by atoms with E-state index in [1.165, 1.54) is 4.88 Å². The fourth-order valence-corrected chi connectivity index (χ4v) is 2.22. The summed E-state index contributed by atoms with van der Waals surface area (Å²) in [5.74, 6) is 0. The predicted molar refractivity (Wildman–Crippen MR) is 58.3 cm³/mol. The molecule has 1 atom stereocenters. The lowest BCUT2D eigenvalue weighted by Gasteiger charge is -2.05. The van der Waals surface area contributed by atoms with E-state index in [4.69, 9.17) is 5.73 Å². The molecule has 5 heteroatoms. The molecule has 0 saturated carbocycles. The van der Waals surface area contributed by atoms with E-state index in [1.807, 2.05) is 20.3 Å². The molecule has 3 N–H and O–H groups in total.